The monoisotopic (exact) mass is 316 g/mol. The number of aryl methyl sites for hydroxylation is 1. The van der Waals surface area contributed by atoms with E-state index in [2.05, 4.69) is 75.7 Å². The van der Waals surface area contributed by atoms with Crippen molar-refractivity contribution in [3.8, 4) is 11.1 Å². The van der Waals surface area contributed by atoms with Crippen molar-refractivity contribution in [2.45, 2.75) is 19.9 Å². The summed E-state index contributed by atoms with van der Waals surface area (Å²) in [5.41, 5.74) is 6.64. The van der Waals surface area contributed by atoms with Crippen LogP contribution in [-0.2, 0) is 0 Å². The molecule has 0 aliphatic rings. The third-order valence-electron chi connectivity index (χ3n) is 4.30. The van der Waals surface area contributed by atoms with Gasteiger partial charge in [0.15, 0.2) is 5.65 Å². The Labute approximate surface area is 141 Å². The first kappa shape index (κ1) is 14.6. The highest BCUT2D eigenvalue weighted by atomic mass is 15.0. The molecule has 4 aromatic rings. The number of anilines is 1. The third kappa shape index (κ3) is 2.67. The number of hydrogen-bond acceptors (Lipinski definition) is 2. The van der Waals surface area contributed by atoms with Crippen LogP contribution < -0.4 is 5.32 Å². The van der Waals surface area contributed by atoms with Crippen molar-refractivity contribution in [2.75, 3.05) is 5.32 Å². The fourth-order valence-electron chi connectivity index (χ4n) is 3.08. The molecule has 0 saturated heterocycles. The maximum Gasteiger partial charge on any atom is 0.156 e. The molecule has 0 fully saturated rings. The van der Waals surface area contributed by atoms with Gasteiger partial charge >= 0.3 is 0 Å². The summed E-state index contributed by atoms with van der Waals surface area (Å²) in [5, 5.41) is 3.58. The topological polar surface area (TPSA) is 56.5 Å². The number of fused-ring (bicyclic) bond motifs is 1. The van der Waals surface area contributed by atoms with E-state index in [1.165, 1.54) is 5.56 Å². The molecule has 120 valence electrons. The van der Waals surface area contributed by atoms with Crippen molar-refractivity contribution < 1.29 is 0 Å². The fourth-order valence-corrected chi connectivity index (χ4v) is 3.08. The molecule has 0 spiro atoms. The number of rotatable bonds is 4. The van der Waals surface area contributed by atoms with Crippen molar-refractivity contribution >= 4 is 16.9 Å². The molecule has 3 N–H and O–H groups in total. The van der Waals surface area contributed by atoms with Gasteiger partial charge in [0.2, 0.25) is 0 Å². The molecular weight excluding hydrogens is 296 g/mol. The molecular formula is C20H20N4. The first-order chi connectivity index (χ1) is 11.7. The first-order valence-electron chi connectivity index (χ1n) is 8.16. The minimum Gasteiger partial charge on any atom is -0.379 e. The van der Waals surface area contributed by atoms with E-state index in [-0.39, 0.29) is 6.04 Å². The average Bonchev–Trinajstić information content (AvgIpc) is 3.14. The highest BCUT2D eigenvalue weighted by molar-refractivity contribution is 5.91. The number of aromatic nitrogens is 3. The molecule has 4 nitrogen and oxygen atoms in total. The minimum atomic E-state index is 0.252. The van der Waals surface area contributed by atoms with E-state index in [0.717, 1.165) is 33.8 Å². The second-order valence-electron chi connectivity index (χ2n) is 6.11. The van der Waals surface area contributed by atoms with Crippen LogP contribution in [0, 0.1) is 6.92 Å². The van der Waals surface area contributed by atoms with Gasteiger partial charge in [0, 0.05) is 23.5 Å². The number of imidazole rings is 1. The quantitative estimate of drug-likeness (QED) is 0.494. The molecule has 2 aromatic heterocycles. The van der Waals surface area contributed by atoms with Gasteiger partial charge in [0.05, 0.1) is 5.52 Å². The highest BCUT2D eigenvalue weighted by Crippen LogP contribution is 2.30. The summed E-state index contributed by atoms with van der Waals surface area (Å²) in [4.78, 5) is 11.0. The van der Waals surface area contributed by atoms with Crippen LogP contribution in [-0.4, -0.2) is 15.0 Å². The average molecular weight is 316 g/mol. The number of hydrogen-bond donors (Lipinski definition) is 3. The van der Waals surface area contributed by atoms with E-state index in [1.54, 1.807) is 0 Å². The van der Waals surface area contributed by atoms with Gasteiger partial charge in [0.1, 0.15) is 5.82 Å². The van der Waals surface area contributed by atoms with E-state index < -0.39 is 0 Å². The molecule has 4 heteroatoms. The summed E-state index contributed by atoms with van der Waals surface area (Å²) in [6.07, 6.45) is 2.01. The molecule has 24 heavy (non-hydrogen) atoms. The summed E-state index contributed by atoms with van der Waals surface area (Å²) < 4.78 is 0. The number of nitrogens with zero attached hydrogens (tertiary/aromatic N) is 1. The summed E-state index contributed by atoms with van der Waals surface area (Å²) in [6, 6.07) is 19.2. The van der Waals surface area contributed by atoms with Gasteiger partial charge in [-0.3, -0.25) is 0 Å². The van der Waals surface area contributed by atoms with Crippen LogP contribution >= 0.6 is 0 Å². The van der Waals surface area contributed by atoms with Crippen molar-refractivity contribution in [2.24, 2.45) is 0 Å². The Balaban J connectivity index is 1.64. The van der Waals surface area contributed by atoms with E-state index in [1.807, 2.05) is 19.2 Å². The molecule has 0 aliphatic heterocycles. The van der Waals surface area contributed by atoms with E-state index in [4.69, 9.17) is 0 Å². The largest absolute Gasteiger partial charge is 0.379 e. The zero-order valence-electron chi connectivity index (χ0n) is 13.8. The van der Waals surface area contributed by atoms with Crippen LogP contribution in [0.4, 0.5) is 5.69 Å². The molecule has 0 radical (unpaired) electrons. The van der Waals surface area contributed by atoms with Crippen LogP contribution in [0.25, 0.3) is 22.3 Å². The standard InChI is InChI=1S/C20H20N4/c1-13(15-7-4-3-5-8-15)22-17-10-6-9-16(11-17)18-12-21-20-19(18)23-14(2)24-20/h3-13,21-22H,1-2H3,(H,23,24)/t13-/m0/s1. The van der Waals surface area contributed by atoms with Crippen LogP contribution in [0.5, 0.6) is 0 Å². The van der Waals surface area contributed by atoms with Crippen molar-refractivity contribution in [1.82, 2.24) is 15.0 Å². The maximum absolute atomic E-state index is 4.44. The Hall–Kier alpha value is -3.01. The zero-order chi connectivity index (χ0) is 16.5. The number of H-pyrrole nitrogens is 2. The van der Waals surface area contributed by atoms with Crippen molar-refractivity contribution in [1.29, 1.82) is 0 Å². The Bertz CT molecular complexity index is 966. The lowest BCUT2D eigenvalue weighted by Gasteiger charge is -2.16. The predicted molar refractivity (Wildman–Crippen MR) is 99.1 cm³/mol. The normalized spacial score (nSPS) is 12.4. The molecule has 2 heterocycles. The molecule has 0 saturated carbocycles. The molecule has 1 atom stereocenters. The van der Waals surface area contributed by atoms with E-state index >= 15 is 0 Å². The fraction of sp³-hybridized carbons (Fsp3) is 0.150. The van der Waals surface area contributed by atoms with Crippen LogP contribution in [0.15, 0.2) is 60.8 Å². The van der Waals surface area contributed by atoms with Gasteiger partial charge in [-0.2, -0.15) is 0 Å². The lowest BCUT2D eigenvalue weighted by Crippen LogP contribution is -2.06. The van der Waals surface area contributed by atoms with Crippen LogP contribution in [0.1, 0.15) is 24.4 Å². The van der Waals surface area contributed by atoms with Gasteiger partial charge < -0.3 is 15.3 Å². The number of aromatic amines is 2. The van der Waals surface area contributed by atoms with E-state index in [0.29, 0.717) is 0 Å². The molecule has 2 aromatic carbocycles. The van der Waals surface area contributed by atoms with Crippen molar-refractivity contribution in [3.63, 3.8) is 0 Å². The molecule has 0 bridgehead atoms. The Morgan fingerprint density at radius 3 is 2.71 bits per heavy atom. The maximum atomic E-state index is 4.44. The second-order valence-corrected chi connectivity index (χ2v) is 6.11. The van der Waals surface area contributed by atoms with Gasteiger partial charge in [-0.15, -0.1) is 0 Å². The lowest BCUT2D eigenvalue weighted by atomic mass is 10.1. The minimum absolute atomic E-state index is 0.252. The summed E-state index contributed by atoms with van der Waals surface area (Å²) in [6.45, 7) is 4.14. The highest BCUT2D eigenvalue weighted by Gasteiger charge is 2.11. The second kappa shape index (κ2) is 5.89. The van der Waals surface area contributed by atoms with Crippen molar-refractivity contribution in [3.05, 3.63) is 72.2 Å². The smallest absolute Gasteiger partial charge is 0.156 e. The summed E-state index contributed by atoms with van der Waals surface area (Å²) >= 11 is 0. The molecule has 0 aliphatic carbocycles. The van der Waals surface area contributed by atoms with E-state index in [9.17, 15) is 0 Å². The molecule has 4 rings (SSSR count). The SMILES string of the molecule is Cc1nc2[nH]cc(-c3cccc(N[C@@H](C)c4ccccc4)c3)c2[nH]1. The number of nitrogens with one attached hydrogen (secondary N) is 3. The Kier molecular flexibility index (Phi) is 3.58. The third-order valence-corrected chi connectivity index (χ3v) is 4.30. The van der Waals surface area contributed by atoms with Gasteiger partial charge in [-0.05, 0) is 37.1 Å². The van der Waals surface area contributed by atoms with Crippen LogP contribution in [0.3, 0.4) is 0 Å². The zero-order valence-corrected chi connectivity index (χ0v) is 13.8. The first-order valence-corrected chi connectivity index (χ1v) is 8.16. The Morgan fingerprint density at radius 1 is 1.04 bits per heavy atom. The Morgan fingerprint density at radius 2 is 1.88 bits per heavy atom. The molecule has 0 amide bonds. The van der Waals surface area contributed by atoms with Gasteiger partial charge in [-0.25, -0.2) is 4.98 Å². The lowest BCUT2D eigenvalue weighted by molar-refractivity contribution is 0.885. The number of benzene rings is 2. The molecule has 0 unspecified atom stereocenters. The van der Waals surface area contributed by atoms with Crippen LogP contribution in [0.2, 0.25) is 0 Å². The predicted octanol–water partition coefficient (Wildman–Crippen LogP) is 5.04. The summed E-state index contributed by atoms with van der Waals surface area (Å²) in [7, 11) is 0. The summed E-state index contributed by atoms with van der Waals surface area (Å²) in [5.74, 6) is 0.921. The van der Waals surface area contributed by atoms with Gasteiger partial charge in [-0.1, -0.05) is 42.5 Å². The van der Waals surface area contributed by atoms with Gasteiger partial charge in [0.25, 0.3) is 0 Å².